The molecule has 0 unspecified atom stereocenters. The van der Waals surface area contributed by atoms with Crippen LogP contribution in [-0.4, -0.2) is 80.6 Å². The summed E-state index contributed by atoms with van der Waals surface area (Å²) < 4.78 is 68.3. The fourth-order valence-corrected chi connectivity index (χ4v) is 5.34. The Morgan fingerprint density at radius 2 is 1.98 bits per heavy atom. The molecule has 0 amide bonds. The number of carbonyl (C=O) groups is 1. The third kappa shape index (κ3) is 6.61. The van der Waals surface area contributed by atoms with E-state index in [1.54, 1.807) is 22.5 Å². The number of esters is 1. The van der Waals surface area contributed by atoms with Gasteiger partial charge in [-0.15, -0.1) is 0 Å². The maximum absolute atomic E-state index is 15.1. The largest absolute Gasteiger partial charge is 0.494 e. The average molecular weight is 633 g/mol. The van der Waals surface area contributed by atoms with Crippen LogP contribution in [0.1, 0.15) is 31.7 Å². The predicted molar refractivity (Wildman–Crippen MR) is 156 cm³/mol. The number of nitrogens with one attached hydrogen (secondary N) is 1. The summed E-state index contributed by atoms with van der Waals surface area (Å²) in [6, 6.07) is 3.46. The third-order valence-electron chi connectivity index (χ3n) is 7.71. The van der Waals surface area contributed by atoms with Crippen molar-refractivity contribution in [3.05, 3.63) is 54.2 Å². The summed E-state index contributed by atoms with van der Waals surface area (Å²) in [5, 5.41) is 13.1. The average Bonchev–Trinajstić information content (AvgIpc) is 3.44. The molecule has 240 valence electrons. The van der Waals surface area contributed by atoms with E-state index in [-0.39, 0.29) is 49.7 Å². The van der Waals surface area contributed by atoms with Crippen LogP contribution in [0.5, 0.6) is 5.75 Å². The molecule has 3 aromatic heterocycles. The standard InChI is InChI=1S/C29H32F4N8O4/c1-3-23(42)45-15-39-27-24-28(37-13-36-27)41(14-38-24)11-16-7-20(17-8-19(31)22(44-2)9-18(17)30)35-10-21(16)40-6-4-5-29(34,12-40)25(43)26(32)33/h7-10,13-14,25-26,43H,3-6,11-12,15,34H2,1-2H3,(H,36,37,39)/t25-,29-/m1/s1. The first-order valence-electron chi connectivity index (χ1n) is 14.1. The van der Waals surface area contributed by atoms with Crippen molar-refractivity contribution in [1.82, 2.24) is 24.5 Å². The third-order valence-corrected chi connectivity index (χ3v) is 7.71. The van der Waals surface area contributed by atoms with Crippen molar-refractivity contribution in [2.75, 3.05) is 37.1 Å². The molecule has 4 aromatic rings. The van der Waals surface area contributed by atoms with E-state index in [4.69, 9.17) is 15.2 Å². The van der Waals surface area contributed by atoms with Gasteiger partial charge in [0.05, 0.1) is 43.1 Å². The molecule has 1 aromatic carbocycles. The van der Waals surface area contributed by atoms with E-state index in [9.17, 15) is 23.1 Å². The van der Waals surface area contributed by atoms with Crippen molar-refractivity contribution >= 4 is 28.6 Å². The van der Waals surface area contributed by atoms with Crippen molar-refractivity contribution in [3.63, 3.8) is 0 Å². The fraction of sp³-hybridized carbons (Fsp3) is 0.414. The number of alkyl halides is 2. The van der Waals surface area contributed by atoms with Crippen LogP contribution in [0, 0.1) is 11.6 Å². The van der Waals surface area contributed by atoms with Crippen LogP contribution in [0.2, 0.25) is 0 Å². The second-order valence-electron chi connectivity index (χ2n) is 10.7. The number of imidazole rings is 1. The molecule has 2 atom stereocenters. The lowest BCUT2D eigenvalue weighted by Crippen LogP contribution is -2.63. The summed E-state index contributed by atoms with van der Waals surface area (Å²) in [6.45, 7) is 1.95. The number of methoxy groups -OCH3 is 1. The van der Waals surface area contributed by atoms with Gasteiger partial charge in [0.2, 0.25) is 0 Å². The molecule has 0 spiro atoms. The number of aliphatic hydroxyl groups excluding tert-OH is 1. The molecule has 16 heteroatoms. The van der Waals surface area contributed by atoms with Gasteiger partial charge in [0, 0.05) is 31.1 Å². The van der Waals surface area contributed by atoms with Gasteiger partial charge in [0.25, 0.3) is 6.43 Å². The lowest BCUT2D eigenvalue weighted by atomic mass is 9.84. The summed E-state index contributed by atoms with van der Waals surface area (Å²) in [7, 11) is 1.22. The number of nitrogens with two attached hydrogens (primary N) is 1. The van der Waals surface area contributed by atoms with Gasteiger partial charge in [-0.3, -0.25) is 9.78 Å². The van der Waals surface area contributed by atoms with Gasteiger partial charge in [-0.1, -0.05) is 6.92 Å². The highest BCUT2D eigenvalue weighted by Crippen LogP contribution is 2.35. The van der Waals surface area contributed by atoms with Crippen LogP contribution in [0.25, 0.3) is 22.4 Å². The van der Waals surface area contributed by atoms with Crippen LogP contribution in [0.15, 0.2) is 37.1 Å². The first-order chi connectivity index (χ1) is 21.5. The first-order valence-corrected chi connectivity index (χ1v) is 14.1. The summed E-state index contributed by atoms with van der Waals surface area (Å²) >= 11 is 0. The molecular formula is C29H32F4N8O4. The minimum Gasteiger partial charge on any atom is -0.494 e. The minimum atomic E-state index is -3.03. The molecule has 0 aliphatic carbocycles. The lowest BCUT2D eigenvalue weighted by Gasteiger charge is -2.44. The Morgan fingerprint density at radius 1 is 1.18 bits per heavy atom. The number of piperidine rings is 1. The Kier molecular flexibility index (Phi) is 9.34. The smallest absolute Gasteiger partial charge is 0.307 e. The molecule has 45 heavy (non-hydrogen) atoms. The summed E-state index contributed by atoms with van der Waals surface area (Å²) in [5.74, 6) is -1.89. The highest BCUT2D eigenvalue weighted by molar-refractivity contribution is 5.83. The van der Waals surface area contributed by atoms with Crippen molar-refractivity contribution in [2.24, 2.45) is 5.73 Å². The van der Waals surface area contributed by atoms with Crippen molar-refractivity contribution in [1.29, 1.82) is 0 Å². The van der Waals surface area contributed by atoms with Gasteiger partial charge in [-0.25, -0.2) is 32.5 Å². The van der Waals surface area contributed by atoms with Crippen LogP contribution < -0.4 is 20.7 Å². The number of nitrogens with zero attached hydrogens (tertiary/aromatic N) is 6. The summed E-state index contributed by atoms with van der Waals surface area (Å²) in [5.41, 5.74) is 6.50. The van der Waals surface area contributed by atoms with Crippen molar-refractivity contribution in [2.45, 2.75) is 50.8 Å². The molecule has 1 aliphatic heterocycles. The normalized spacial score (nSPS) is 17.5. The van der Waals surface area contributed by atoms with Crippen molar-refractivity contribution in [3.8, 4) is 17.0 Å². The van der Waals surface area contributed by atoms with E-state index in [0.717, 1.165) is 12.1 Å². The number of benzene rings is 1. The van der Waals surface area contributed by atoms with Gasteiger partial charge in [-0.2, -0.15) is 0 Å². The fourth-order valence-electron chi connectivity index (χ4n) is 5.34. The summed E-state index contributed by atoms with van der Waals surface area (Å²) in [4.78, 5) is 30.6. The number of hydrogen-bond donors (Lipinski definition) is 3. The number of aliphatic hydroxyl groups is 1. The number of ether oxygens (including phenoxy) is 2. The second-order valence-corrected chi connectivity index (χ2v) is 10.7. The Morgan fingerprint density at radius 3 is 2.71 bits per heavy atom. The van der Waals surface area contributed by atoms with Gasteiger partial charge in [0.1, 0.15) is 18.2 Å². The van der Waals surface area contributed by atoms with E-state index >= 15 is 4.39 Å². The quantitative estimate of drug-likeness (QED) is 0.127. The molecule has 4 heterocycles. The van der Waals surface area contributed by atoms with Gasteiger partial charge < -0.3 is 35.1 Å². The summed E-state index contributed by atoms with van der Waals surface area (Å²) in [6.07, 6.45) is -0.0328. The van der Waals surface area contributed by atoms with E-state index in [1.165, 1.54) is 26.0 Å². The van der Waals surface area contributed by atoms with Gasteiger partial charge in [-0.05, 0) is 30.5 Å². The Balaban J connectivity index is 1.54. The molecule has 5 rings (SSSR count). The Hall–Kier alpha value is -4.57. The maximum Gasteiger partial charge on any atom is 0.307 e. The number of pyridine rings is 1. The van der Waals surface area contributed by atoms with E-state index < -0.39 is 35.7 Å². The molecule has 4 N–H and O–H groups in total. The Bertz CT molecular complexity index is 1690. The topological polar surface area (TPSA) is 154 Å². The van der Waals surface area contributed by atoms with Gasteiger partial charge >= 0.3 is 5.97 Å². The number of fused-ring (bicyclic) bond motifs is 1. The number of rotatable bonds is 11. The van der Waals surface area contributed by atoms with E-state index in [2.05, 4.69) is 25.3 Å². The maximum atomic E-state index is 15.1. The predicted octanol–water partition coefficient (Wildman–Crippen LogP) is 3.47. The number of carbonyl (C=O) groups excluding carboxylic acids is 1. The second kappa shape index (κ2) is 13.2. The molecule has 1 saturated heterocycles. The molecule has 0 bridgehead atoms. The molecule has 1 aliphatic rings. The minimum absolute atomic E-state index is 0.0916. The SMILES string of the molecule is CCC(=O)OCNc1ncnc2c1ncn2Cc1cc(-c2cc(F)c(OC)cc2F)ncc1N1CCC[C@](N)([C@H](O)C(F)F)C1. The zero-order valence-corrected chi connectivity index (χ0v) is 24.5. The molecule has 1 fully saturated rings. The number of hydrogen-bond acceptors (Lipinski definition) is 11. The first kappa shape index (κ1) is 31.8. The zero-order valence-electron chi connectivity index (χ0n) is 24.5. The van der Waals surface area contributed by atoms with Crippen LogP contribution >= 0.6 is 0 Å². The highest BCUT2D eigenvalue weighted by atomic mass is 19.3. The highest BCUT2D eigenvalue weighted by Gasteiger charge is 2.43. The number of halogens is 4. The van der Waals surface area contributed by atoms with Crippen LogP contribution in [0.4, 0.5) is 29.1 Å². The number of aromatic nitrogens is 5. The monoisotopic (exact) mass is 632 g/mol. The number of anilines is 2. The molecule has 0 radical (unpaired) electrons. The van der Waals surface area contributed by atoms with Crippen molar-refractivity contribution < 1.29 is 36.9 Å². The van der Waals surface area contributed by atoms with E-state index in [0.29, 0.717) is 41.2 Å². The lowest BCUT2D eigenvalue weighted by molar-refractivity contribution is -0.142. The van der Waals surface area contributed by atoms with Gasteiger partial charge in [0.15, 0.2) is 35.3 Å². The van der Waals surface area contributed by atoms with E-state index in [1.807, 2.05) is 0 Å². The Labute approximate surface area is 255 Å². The van der Waals surface area contributed by atoms with Crippen LogP contribution in [0.3, 0.4) is 0 Å². The molecule has 0 saturated carbocycles. The molecular weight excluding hydrogens is 600 g/mol. The van der Waals surface area contributed by atoms with Crippen LogP contribution in [-0.2, 0) is 16.1 Å². The molecule has 12 nitrogen and oxygen atoms in total. The zero-order chi connectivity index (χ0) is 32.3.